The summed E-state index contributed by atoms with van der Waals surface area (Å²) in [5.41, 5.74) is 1.94. The number of rotatable bonds is 2. The van der Waals surface area contributed by atoms with E-state index < -0.39 is 11.8 Å². The van der Waals surface area contributed by atoms with E-state index in [0.717, 1.165) is 0 Å². The summed E-state index contributed by atoms with van der Waals surface area (Å²) in [5, 5.41) is 0. The largest absolute Gasteiger partial charge is 0.493 e. The van der Waals surface area contributed by atoms with E-state index in [0.29, 0.717) is 0 Å². The first kappa shape index (κ1) is 9.66. The molecule has 0 aliphatic rings. The molecule has 1 aromatic heterocycles. The van der Waals surface area contributed by atoms with Crippen LogP contribution in [0.2, 0.25) is 0 Å². The maximum absolute atomic E-state index is 13.2. The molecule has 1 aromatic rings. The molecule has 1 rings (SSSR count). The molecule has 72 valence electrons. The number of halogens is 2. The third-order valence-corrected chi connectivity index (χ3v) is 1.61. The number of nitrogens with one attached hydrogen (secondary N) is 1. The third-order valence-electron chi connectivity index (χ3n) is 1.61. The highest BCUT2D eigenvalue weighted by molar-refractivity contribution is 5.46. The summed E-state index contributed by atoms with van der Waals surface area (Å²) in [6.07, 6.45) is 0. The van der Waals surface area contributed by atoms with E-state index in [1.54, 1.807) is 0 Å². The van der Waals surface area contributed by atoms with Gasteiger partial charge in [-0.25, -0.2) is 5.84 Å². The number of nitrogens with zero attached hydrogens (tertiary/aromatic N) is 1. The number of nitrogens with two attached hydrogens (primary N) is 1. The SMILES string of the molecule is COc1c(C)c(F)nc(NN)c1F. The number of anilines is 1. The van der Waals surface area contributed by atoms with Crippen LogP contribution in [0.4, 0.5) is 14.6 Å². The van der Waals surface area contributed by atoms with Crippen LogP contribution in [0.25, 0.3) is 0 Å². The molecule has 13 heavy (non-hydrogen) atoms. The Morgan fingerprint density at radius 1 is 1.46 bits per heavy atom. The van der Waals surface area contributed by atoms with Crippen LogP contribution < -0.4 is 16.0 Å². The molecule has 6 heteroatoms. The Morgan fingerprint density at radius 2 is 2.08 bits per heavy atom. The summed E-state index contributed by atoms with van der Waals surface area (Å²) in [6, 6.07) is 0. The third kappa shape index (κ3) is 1.52. The maximum Gasteiger partial charge on any atom is 0.221 e. The molecular weight excluding hydrogens is 180 g/mol. The zero-order valence-corrected chi connectivity index (χ0v) is 7.19. The first-order valence-electron chi connectivity index (χ1n) is 3.48. The first-order valence-corrected chi connectivity index (χ1v) is 3.48. The number of nitrogen functional groups attached to an aromatic ring is 1. The van der Waals surface area contributed by atoms with E-state index in [1.165, 1.54) is 14.0 Å². The van der Waals surface area contributed by atoms with E-state index in [4.69, 9.17) is 5.84 Å². The molecule has 0 unspecified atom stereocenters. The van der Waals surface area contributed by atoms with Gasteiger partial charge in [-0.05, 0) is 6.92 Å². The van der Waals surface area contributed by atoms with E-state index in [2.05, 4.69) is 9.72 Å². The number of hydrazine groups is 1. The highest BCUT2D eigenvalue weighted by Gasteiger charge is 2.17. The van der Waals surface area contributed by atoms with Crippen molar-refractivity contribution in [3.05, 3.63) is 17.3 Å². The average molecular weight is 189 g/mol. The lowest BCUT2D eigenvalue weighted by Crippen LogP contribution is -2.13. The van der Waals surface area contributed by atoms with Gasteiger partial charge in [0.1, 0.15) is 0 Å². The first-order chi connectivity index (χ1) is 6.11. The van der Waals surface area contributed by atoms with Gasteiger partial charge in [0.05, 0.1) is 7.11 Å². The fourth-order valence-electron chi connectivity index (χ4n) is 0.935. The fourth-order valence-corrected chi connectivity index (χ4v) is 0.935. The molecule has 3 N–H and O–H groups in total. The number of pyridine rings is 1. The van der Waals surface area contributed by atoms with Gasteiger partial charge in [0.2, 0.25) is 11.8 Å². The van der Waals surface area contributed by atoms with Gasteiger partial charge < -0.3 is 10.2 Å². The molecule has 0 bridgehead atoms. The second kappa shape index (κ2) is 3.53. The minimum Gasteiger partial charge on any atom is -0.493 e. The lowest BCUT2D eigenvalue weighted by molar-refractivity contribution is 0.376. The Balaban J connectivity index is 3.39. The molecule has 0 radical (unpaired) electrons. The zero-order valence-electron chi connectivity index (χ0n) is 7.19. The van der Waals surface area contributed by atoms with Gasteiger partial charge in [0, 0.05) is 5.56 Å². The summed E-state index contributed by atoms with van der Waals surface area (Å²) in [4.78, 5) is 3.24. The smallest absolute Gasteiger partial charge is 0.221 e. The summed E-state index contributed by atoms with van der Waals surface area (Å²) in [5.74, 6) is 2.73. The zero-order chi connectivity index (χ0) is 10.0. The van der Waals surface area contributed by atoms with Gasteiger partial charge >= 0.3 is 0 Å². The van der Waals surface area contributed by atoms with Crippen LogP contribution in [0.5, 0.6) is 5.75 Å². The predicted molar refractivity (Wildman–Crippen MR) is 43.3 cm³/mol. The molecule has 0 saturated carbocycles. The van der Waals surface area contributed by atoms with Gasteiger partial charge in [-0.1, -0.05) is 0 Å². The monoisotopic (exact) mass is 189 g/mol. The van der Waals surface area contributed by atoms with Crippen molar-refractivity contribution in [1.82, 2.24) is 4.98 Å². The van der Waals surface area contributed by atoms with Gasteiger partial charge in [-0.2, -0.15) is 13.8 Å². The van der Waals surface area contributed by atoms with E-state index in [9.17, 15) is 8.78 Å². The van der Waals surface area contributed by atoms with Crippen molar-refractivity contribution < 1.29 is 13.5 Å². The van der Waals surface area contributed by atoms with Crippen molar-refractivity contribution in [2.45, 2.75) is 6.92 Å². The molecular formula is C7H9F2N3O. The van der Waals surface area contributed by atoms with Gasteiger partial charge in [-0.15, -0.1) is 0 Å². The van der Waals surface area contributed by atoms with Crippen LogP contribution in [0.1, 0.15) is 5.56 Å². The van der Waals surface area contributed by atoms with E-state index in [-0.39, 0.29) is 17.1 Å². The minimum absolute atomic E-state index is 0.0130. The van der Waals surface area contributed by atoms with Gasteiger partial charge in [-0.3, -0.25) is 0 Å². The standard InChI is InChI=1S/C7H9F2N3O/c1-3-5(13-2)4(8)7(12-10)11-6(3)9/h10H2,1-2H3,(H,11,12). The van der Waals surface area contributed by atoms with Crippen LogP contribution in [0.3, 0.4) is 0 Å². The van der Waals surface area contributed by atoms with Crippen LogP contribution in [0, 0.1) is 18.7 Å². The van der Waals surface area contributed by atoms with Crippen molar-refractivity contribution in [2.75, 3.05) is 12.5 Å². The molecule has 0 aliphatic carbocycles. The van der Waals surface area contributed by atoms with Crippen molar-refractivity contribution in [2.24, 2.45) is 5.84 Å². The summed E-state index contributed by atoms with van der Waals surface area (Å²) >= 11 is 0. The summed E-state index contributed by atoms with van der Waals surface area (Å²) < 4.78 is 30.8. The fraction of sp³-hybridized carbons (Fsp3) is 0.286. The summed E-state index contributed by atoms with van der Waals surface area (Å²) in [7, 11) is 1.24. The van der Waals surface area contributed by atoms with Crippen LogP contribution in [-0.4, -0.2) is 12.1 Å². The van der Waals surface area contributed by atoms with Gasteiger partial charge in [0.25, 0.3) is 0 Å². The Kier molecular flexibility index (Phi) is 2.62. The number of methoxy groups -OCH3 is 1. The number of aromatic nitrogens is 1. The number of ether oxygens (including phenoxy) is 1. The lowest BCUT2D eigenvalue weighted by Gasteiger charge is -2.09. The van der Waals surface area contributed by atoms with E-state index in [1.807, 2.05) is 5.43 Å². The molecule has 0 fully saturated rings. The Bertz CT molecular complexity index is 330. The normalized spacial score (nSPS) is 9.92. The highest BCUT2D eigenvalue weighted by Crippen LogP contribution is 2.27. The van der Waals surface area contributed by atoms with Gasteiger partial charge in [0.15, 0.2) is 11.6 Å². The highest BCUT2D eigenvalue weighted by atomic mass is 19.1. The molecule has 0 atom stereocenters. The van der Waals surface area contributed by atoms with E-state index >= 15 is 0 Å². The van der Waals surface area contributed by atoms with Crippen molar-refractivity contribution >= 4 is 5.82 Å². The Morgan fingerprint density at radius 3 is 2.54 bits per heavy atom. The average Bonchev–Trinajstić information content (AvgIpc) is 2.12. The Labute approximate surface area is 73.7 Å². The van der Waals surface area contributed by atoms with Crippen LogP contribution >= 0.6 is 0 Å². The van der Waals surface area contributed by atoms with Crippen molar-refractivity contribution in [1.29, 1.82) is 0 Å². The Hall–Kier alpha value is -1.43. The van der Waals surface area contributed by atoms with Crippen molar-refractivity contribution in [3.8, 4) is 5.75 Å². The molecule has 0 saturated heterocycles. The molecule has 0 spiro atoms. The molecule has 4 nitrogen and oxygen atoms in total. The lowest BCUT2D eigenvalue weighted by atomic mass is 10.2. The van der Waals surface area contributed by atoms with Crippen LogP contribution in [-0.2, 0) is 0 Å². The quantitative estimate of drug-likeness (QED) is 0.413. The molecule has 0 aromatic carbocycles. The molecule has 0 aliphatic heterocycles. The van der Waals surface area contributed by atoms with Crippen LogP contribution in [0.15, 0.2) is 0 Å². The molecule has 1 heterocycles. The number of hydrogen-bond donors (Lipinski definition) is 2. The minimum atomic E-state index is -0.814. The maximum atomic E-state index is 13.2. The number of hydrogen-bond acceptors (Lipinski definition) is 4. The topological polar surface area (TPSA) is 60.2 Å². The predicted octanol–water partition coefficient (Wildman–Crippen LogP) is 0.962. The molecule has 0 amide bonds. The summed E-state index contributed by atoms with van der Waals surface area (Å²) in [6.45, 7) is 1.37. The van der Waals surface area contributed by atoms with Crippen molar-refractivity contribution in [3.63, 3.8) is 0 Å². The second-order valence-electron chi connectivity index (χ2n) is 2.37. The second-order valence-corrected chi connectivity index (χ2v) is 2.37.